The van der Waals surface area contributed by atoms with E-state index in [2.05, 4.69) is 30.4 Å². The summed E-state index contributed by atoms with van der Waals surface area (Å²) >= 11 is 0. The van der Waals surface area contributed by atoms with E-state index in [0.29, 0.717) is 0 Å². The quantitative estimate of drug-likeness (QED) is 0.450. The van der Waals surface area contributed by atoms with E-state index in [1.165, 1.54) is 15.8 Å². The fourth-order valence-corrected chi connectivity index (χ4v) is 3.21. The maximum absolute atomic E-state index is 4.30. The zero-order valence-corrected chi connectivity index (χ0v) is 8.05. The van der Waals surface area contributed by atoms with Crippen molar-refractivity contribution in [3.05, 3.63) is 23.3 Å². The molecular formula is C8H8NS2+. The molecule has 0 amide bonds. The maximum Gasteiger partial charge on any atom is 0.323 e. The molecule has 0 bridgehead atoms. The van der Waals surface area contributed by atoms with Crippen LogP contribution in [0.3, 0.4) is 0 Å². The van der Waals surface area contributed by atoms with Crippen LogP contribution in [0.15, 0.2) is 12.1 Å². The van der Waals surface area contributed by atoms with Gasteiger partial charge in [-0.25, -0.2) is 0 Å². The van der Waals surface area contributed by atoms with Gasteiger partial charge in [0.25, 0.3) is 15.2 Å². The summed E-state index contributed by atoms with van der Waals surface area (Å²) in [5.74, 6) is 0. The van der Waals surface area contributed by atoms with Crippen LogP contribution in [0.4, 0.5) is 0 Å². The molecule has 1 heterocycles. The Kier molecular flexibility index (Phi) is 1.62. The summed E-state index contributed by atoms with van der Waals surface area (Å²) in [7, 11) is 3.32. The van der Waals surface area contributed by atoms with Crippen molar-refractivity contribution in [2.45, 2.75) is 13.8 Å². The molecule has 1 nitrogen and oxygen atoms in total. The standard InChI is InChI=1S/C8H8NS2/c1-5-3-6(2)8-7(4-5)9-11-10-8/h3-4H,1-2H3/q+1. The lowest BCUT2D eigenvalue weighted by molar-refractivity contribution is 1.43. The first kappa shape index (κ1) is 7.13. The van der Waals surface area contributed by atoms with Crippen molar-refractivity contribution in [3.63, 3.8) is 0 Å². The van der Waals surface area contributed by atoms with Crippen LogP contribution in [0, 0.1) is 13.8 Å². The Bertz CT molecular complexity index is 392. The van der Waals surface area contributed by atoms with Crippen molar-refractivity contribution in [3.8, 4) is 0 Å². The summed E-state index contributed by atoms with van der Waals surface area (Å²) in [4.78, 5) is 0. The third kappa shape index (κ3) is 1.14. The fourth-order valence-electron chi connectivity index (χ4n) is 1.20. The van der Waals surface area contributed by atoms with Crippen LogP contribution in [0.25, 0.3) is 10.2 Å². The predicted molar refractivity (Wildman–Crippen MR) is 51.4 cm³/mol. The van der Waals surface area contributed by atoms with Gasteiger partial charge in [0, 0.05) is 5.56 Å². The van der Waals surface area contributed by atoms with Crippen LogP contribution in [-0.2, 0) is 0 Å². The minimum Gasteiger partial charge on any atom is -0.135 e. The molecule has 0 aliphatic heterocycles. The lowest BCUT2D eigenvalue weighted by Crippen LogP contribution is -1.76. The highest BCUT2D eigenvalue weighted by Crippen LogP contribution is 2.26. The summed E-state index contributed by atoms with van der Waals surface area (Å²) in [6, 6.07) is 4.34. The molecule has 11 heavy (non-hydrogen) atoms. The van der Waals surface area contributed by atoms with Crippen molar-refractivity contribution in [1.82, 2.24) is 4.37 Å². The van der Waals surface area contributed by atoms with Gasteiger partial charge in [0.1, 0.15) is 5.52 Å². The predicted octanol–water partition coefficient (Wildman–Crippen LogP) is 3.26. The van der Waals surface area contributed by atoms with Gasteiger partial charge < -0.3 is 0 Å². The third-order valence-electron chi connectivity index (χ3n) is 1.66. The van der Waals surface area contributed by atoms with Crippen LogP contribution >= 0.6 is 20.9 Å². The van der Waals surface area contributed by atoms with E-state index < -0.39 is 0 Å². The SMILES string of the molecule is Cc1cc(C)c2[s+]snc2c1. The molecule has 0 saturated heterocycles. The number of aromatic nitrogens is 1. The fraction of sp³-hybridized carbons (Fsp3) is 0.250. The molecule has 0 radical (unpaired) electrons. The zero-order valence-electron chi connectivity index (χ0n) is 6.42. The highest BCUT2D eigenvalue weighted by molar-refractivity contribution is 7.69. The van der Waals surface area contributed by atoms with Gasteiger partial charge in [0.15, 0.2) is 0 Å². The van der Waals surface area contributed by atoms with Crippen molar-refractivity contribution < 1.29 is 0 Å². The topological polar surface area (TPSA) is 12.9 Å². The Hall–Kier alpha value is -0.540. The van der Waals surface area contributed by atoms with Gasteiger partial charge in [-0.05, 0) is 25.5 Å². The molecule has 0 aliphatic rings. The highest BCUT2D eigenvalue weighted by Gasteiger charge is 2.12. The van der Waals surface area contributed by atoms with E-state index in [-0.39, 0.29) is 0 Å². The number of fused-ring (bicyclic) bond motifs is 1. The molecule has 0 N–H and O–H groups in total. The van der Waals surface area contributed by atoms with Gasteiger partial charge in [-0.1, -0.05) is 6.07 Å². The van der Waals surface area contributed by atoms with Crippen LogP contribution in [0.1, 0.15) is 11.1 Å². The lowest BCUT2D eigenvalue weighted by Gasteiger charge is -1.90. The number of nitrogens with zero attached hydrogens (tertiary/aromatic N) is 1. The van der Waals surface area contributed by atoms with Crippen molar-refractivity contribution in [1.29, 1.82) is 0 Å². The third-order valence-corrected chi connectivity index (χ3v) is 3.65. The van der Waals surface area contributed by atoms with Gasteiger partial charge in [0.05, 0.1) is 0 Å². The number of aryl methyl sites for hydroxylation is 2. The minimum absolute atomic E-state index is 1.15. The number of rotatable bonds is 0. The molecule has 0 atom stereocenters. The molecule has 0 fully saturated rings. The summed E-state index contributed by atoms with van der Waals surface area (Å²) in [6.45, 7) is 4.25. The average molecular weight is 182 g/mol. The maximum atomic E-state index is 4.30. The second kappa shape index (κ2) is 2.50. The van der Waals surface area contributed by atoms with E-state index in [0.717, 1.165) is 5.52 Å². The number of benzene rings is 1. The summed E-state index contributed by atoms with van der Waals surface area (Å²) in [5.41, 5.74) is 3.80. The van der Waals surface area contributed by atoms with Crippen molar-refractivity contribution in [2.75, 3.05) is 0 Å². The molecule has 2 rings (SSSR count). The van der Waals surface area contributed by atoms with Crippen LogP contribution in [0.5, 0.6) is 0 Å². The molecule has 2 aromatic rings. The van der Waals surface area contributed by atoms with E-state index in [9.17, 15) is 0 Å². The zero-order chi connectivity index (χ0) is 7.84. The van der Waals surface area contributed by atoms with E-state index in [4.69, 9.17) is 0 Å². The summed E-state index contributed by atoms with van der Waals surface area (Å²) in [5, 5.41) is 0. The Morgan fingerprint density at radius 3 is 3.00 bits per heavy atom. The second-order valence-electron chi connectivity index (χ2n) is 2.68. The second-order valence-corrected chi connectivity index (χ2v) is 4.53. The first-order valence-electron chi connectivity index (χ1n) is 3.43. The van der Waals surface area contributed by atoms with Gasteiger partial charge >= 0.3 is 10.3 Å². The molecule has 0 spiro atoms. The van der Waals surface area contributed by atoms with Gasteiger partial charge in [0.2, 0.25) is 0 Å². The molecular weight excluding hydrogens is 174 g/mol. The first-order valence-corrected chi connectivity index (χ1v) is 5.54. The molecule has 0 aliphatic carbocycles. The minimum atomic E-state index is 1.15. The monoisotopic (exact) mass is 182 g/mol. The van der Waals surface area contributed by atoms with E-state index >= 15 is 0 Å². The summed E-state index contributed by atoms with van der Waals surface area (Å²) in [6.07, 6.45) is 0. The van der Waals surface area contributed by atoms with Crippen LogP contribution < -0.4 is 0 Å². The lowest BCUT2D eigenvalue weighted by atomic mass is 10.1. The van der Waals surface area contributed by atoms with Crippen LogP contribution in [0.2, 0.25) is 0 Å². The number of hydrogen-bond donors (Lipinski definition) is 0. The van der Waals surface area contributed by atoms with Crippen LogP contribution in [-0.4, -0.2) is 4.37 Å². The molecule has 0 saturated carbocycles. The van der Waals surface area contributed by atoms with E-state index in [1.54, 1.807) is 20.9 Å². The summed E-state index contributed by atoms with van der Waals surface area (Å²) < 4.78 is 5.63. The smallest absolute Gasteiger partial charge is 0.135 e. The Labute approximate surface area is 72.9 Å². The number of hydrogen-bond acceptors (Lipinski definition) is 2. The Balaban J connectivity index is 2.91. The first-order chi connectivity index (χ1) is 5.27. The van der Waals surface area contributed by atoms with Gasteiger partial charge in [-0.2, -0.15) is 0 Å². The van der Waals surface area contributed by atoms with E-state index in [1.807, 2.05) is 0 Å². The normalized spacial score (nSPS) is 10.7. The molecule has 1 aromatic heterocycles. The molecule has 56 valence electrons. The van der Waals surface area contributed by atoms with Gasteiger partial charge in [-0.15, -0.1) is 4.37 Å². The molecule has 3 heteroatoms. The molecule has 1 aromatic carbocycles. The highest BCUT2D eigenvalue weighted by atomic mass is 32.9. The van der Waals surface area contributed by atoms with Crippen molar-refractivity contribution in [2.24, 2.45) is 0 Å². The van der Waals surface area contributed by atoms with Gasteiger partial charge in [-0.3, -0.25) is 0 Å². The Morgan fingerprint density at radius 2 is 2.18 bits per heavy atom. The largest absolute Gasteiger partial charge is 0.323 e. The average Bonchev–Trinajstić information content (AvgIpc) is 2.34. The Morgan fingerprint density at radius 1 is 1.36 bits per heavy atom. The molecule has 0 unspecified atom stereocenters. The van der Waals surface area contributed by atoms with Crippen molar-refractivity contribution >= 4 is 31.1 Å².